The van der Waals surface area contributed by atoms with Crippen LogP contribution in [-0.2, 0) is 4.79 Å². The third kappa shape index (κ3) is 3.58. The average molecular weight is 409 g/mol. The number of hydrogen-bond donors (Lipinski definition) is 2. The number of aromatic nitrogens is 1. The molecule has 1 fully saturated rings. The van der Waals surface area contributed by atoms with Crippen molar-refractivity contribution in [2.75, 3.05) is 13.6 Å². The van der Waals surface area contributed by atoms with Crippen molar-refractivity contribution in [2.45, 2.75) is 18.4 Å². The fourth-order valence-electron chi connectivity index (χ4n) is 2.68. The molecule has 0 spiro atoms. The Morgan fingerprint density at radius 2 is 2.18 bits per heavy atom. The van der Waals surface area contributed by atoms with E-state index in [0.29, 0.717) is 17.9 Å². The minimum absolute atomic E-state index is 0.135. The predicted octanol–water partition coefficient (Wildman–Crippen LogP) is 1.93. The summed E-state index contributed by atoms with van der Waals surface area (Å²) in [6, 6.07) is 3.61. The van der Waals surface area contributed by atoms with Crippen molar-refractivity contribution in [3.05, 3.63) is 40.2 Å². The van der Waals surface area contributed by atoms with Gasteiger partial charge in [0.1, 0.15) is 21.4 Å². The lowest BCUT2D eigenvalue weighted by Crippen LogP contribution is -2.37. The topological polar surface area (TPSA) is 96.5 Å². The molecule has 0 radical (unpaired) electrons. The molecule has 1 aromatic carbocycles. The average Bonchev–Trinajstić information content (AvgIpc) is 3.20. The molecule has 0 aliphatic carbocycles. The number of likely N-dealkylation sites (tertiary alicyclic amines) is 1. The highest BCUT2D eigenvalue weighted by Gasteiger charge is 2.42. The van der Waals surface area contributed by atoms with Gasteiger partial charge < -0.3 is 15.7 Å². The molecule has 1 atom stereocenters. The van der Waals surface area contributed by atoms with Crippen LogP contribution in [0.1, 0.15) is 33.8 Å². The molecule has 28 heavy (non-hydrogen) atoms. The number of halogens is 3. The summed E-state index contributed by atoms with van der Waals surface area (Å²) in [7, 11) is 1.54. The quantitative estimate of drug-likeness (QED) is 0.758. The predicted molar refractivity (Wildman–Crippen MR) is 95.1 cm³/mol. The number of hydrogen-bond acceptors (Lipinski definition) is 5. The molecule has 1 aromatic heterocycles. The number of primary amides is 1. The van der Waals surface area contributed by atoms with E-state index in [1.165, 1.54) is 24.1 Å². The summed E-state index contributed by atoms with van der Waals surface area (Å²) < 4.78 is 40.4. The van der Waals surface area contributed by atoms with Crippen LogP contribution in [0, 0.1) is 17.7 Å². The Bertz CT molecular complexity index is 1030. The number of aliphatic hydroxyl groups is 1. The van der Waals surface area contributed by atoms with Gasteiger partial charge >= 0.3 is 0 Å². The summed E-state index contributed by atoms with van der Waals surface area (Å²) in [6.07, 6.45) is -2.85. The maximum absolute atomic E-state index is 14.2. The molecule has 146 valence electrons. The number of benzene rings is 1. The van der Waals surface area contributed by atoms with E-state index in [1.54, 1.807) is 0 Å². The van der Waals surface area contributed by atoms with E-state index < -0.39 is 40.2 Å². The van der Waals surface area contributed by atoms with Crippen LogP contribution < -0.4 is 5.73 Å². The molecular formula is C18H14F3N3O3S. The van der Waals surface area contributed by atoms with Crippen LogP contribution in [0.2, 0.25) is 0 Å². The van der Waals surface area contributed by atoms with E-state index in [0.717, 1.165) is 6.07 Å². The second kappa shape index (κ2) is 7.26. The molecule has 0 unspecified atom stereocenters. The van der Waals surface area contributed by atoms with E-state index in [4.69, 9.17) is 5.73 Å². The Balaban J connectivity index is 2.00. The normalized spacial score (nSPS) is 19.1. The van der Waals surface area contributed by atoms with Gasteiger partial charge in [-0.05, 0) is 18.2 Å². The Morgan fingerprint density at radius 1 is 1.46 bits per heavy atom. The molecule has 10 heteroatoms. The first-order valence-corrected chi connectivity index (χ1v) is 8.84. The van der Waals surface area contributed by atoms with Crippen molar-refractivity contribution in [3.8, 4) is 22.4 Å². The largest absolute Gasteiger partial charge is 0.369 e. The standard InChI is InChI=1S/C18H14F3N3O3S/c1-24-7-6-18(27,17(24)26)5-4-9-2-3-11(19)10(8-9)16-23-12(15(22)25)13(28-16)14(20)21/h2-3,8,14,27H,6-7H2,1H3,(H2,22,25)/t18-/m0/s1. The molecule has 1 aliphatic rings. The number of nitrogens with zero attached hydrogens (tertiary/aromatic N) is 2. The highest BCUT2D eigenvalue weighted by Crippen LogP contribution is 2.35. The maximum Gasteiger partial charge on any atom is 0.275 e. The van der Waals surface area contributed by atoms with Crippen molar-refractivity contribution >= 4 is 23.2 Å². The lowest BCUT2D eigenvalue weighted by molar-refractivity contribution is -0.137. The fourth-order valence-corrected chi connectivity index (χ4v) is 3.63. The highest BCUT2D eigenvalue weighted by atomic mass is 32.1. The Labute approximate surface area is 161 Å². The van der Waals surface area contributed by atoms with Gasteiger partial charge in [-0.25, -0.2) is 18.2 Å². The van der Waals surface area contributed by atoms with Gasteiger partial charge in [0, 0.05) is 31.1 Å². The lowest BCUT2D eigenvalue weighted by atomic mass is 10.0. The first kappa shape index (κ1) is 19.9. The van der Waals surface area contributed by atoms with Gasteiger partial charge in [0.15, 0.2) is 0 Å². The Hall–Kier alpha value is -2.90. The van der Waals surface area contributed by atoms with Gasteiger partial charge in [0.05, 0.1) is 0 Å². The minimum Gasteiger partial charge on any atom is -0.369 e. The molecule has 6 nitrogen and oxygen atoms in total. The second-order valence-corrected chi connectivity index (χ2v) is 7.21. The van der Waals surface area contributed by atoms with E-state index in [1.807, 2.05) is 0 Å². The van der Waals surface area contributed by atoms with Crippen LogP contribution in [-0.4, -0.2) is 46.0 Å². The lowest BCUT2D eigenvalue weighted by Gasteiger charge is -2.13. The van der Waals surface area contributed by atoms with Crippen molar-refractivity contribution in [2.24, 2.45) is 5.73 Å². The highest BCUT2D eigenvalue weighted by molar-refractivity contribution is 7.15. The van der Waals surface area contributed by atoms with Crippen LogP contribution in [0.4, 0.5) is 13.2 Å². The van der Waals surface area contributed by atoms with Gasteiger partial charge in [0.25, 0.3) is 18.2 Å². The van der Waals surface area contributed by atoms with E-state index in [9.17, 15) is 27.9 Å². The molecule has 2 amide bonds. The van der Waals surface area contributed by atoms with Crippen molar-refractivity contribution < 1.29 is 27.9 Å². The maximum atomic E-state index is 14.2. The van der Waals surface area contributed by atoms with Gasteiger partial charge in [-0.15, -0.1) is 11.3 Å². The zero-order valence-corrected chi connectivity index (χ0v) is 15.3. The number of nitrogens with two attached hydrogens (primary N) is 1. The number of carbonyl (C=O) groups is 2. The summed E-state index contributed by atoms with van der Waals surface area (Å²) in [5, 5.41) is 10.2. The van der Waals surface area contributed by atoms with Gasteiger partial charge in [-0.3, -0.25) is 9.59 Å². The van der Waals surface area contributed by atoms with Gasteiger partial charge in [0.2, 0.25) is 5.60 Å². The van der Waals surface area contributed by atoms with Crippen molar-refractivity contribution in [1.29, 1.82) is 0 Å². The van der Waals surface area contributed by atoms with Crippen molar-refractivity contribution in [3.63, 3.8) is 0 Å². The van der Waals surface area contributed by atoms with E-state index >= 15 is 0 Å². The monoisotopic (exact) mass is 409 g/mol. The van der Waals surface area contributed by atoms with Crippen LogP contribution >= 0.6 is 11.3 Å². The molecular weight excluding hydrogens is 395 g/mol. The summed E-state index contributed by atoms with van der Waals surface area (Å²) in [6.45, 7) is 0.351. The number of likely N-dealkylation sites (N-methyl/N-ethyl adjacent to an activating group) is 1. The van der Waals surface area contributed by atoms with Crippen LogP contribution in [0.25, 0.3) is 10.6 Å². The van der Waals surface area contributed by atoms with Gasteiger partial charge in [-0.2, -0.15) is 0 Å². The third-order valence-electron chi connectivity index (χ3n) is 4.20. The molecule has 0 saturated carbocycles. The van der Waals surface area contributed by atoms with Crippen LogP contribution in [0.15, 0.2) is 18.2 Å². The summed E-state index contributed by atoms with van der Waals surface area (Å²) in [5.41, 5.74) is 2.71. The molecule has 2 aromatic rings. The summed E-state index contributed by atoms with van der Waals surface area (Å²) in [4.78, 5) is 27.7. The molecule has 1 aliphatic heterocycles. The number of rotatable bonds is 3. The zero-order valence-electron chi connectivity index (χ0n) is 14.5. The molecule has 2 heterocycles. The third-order valence-corrected chi connectivity index (χ3v) is 5.30. The molecule has 1 saturated heterocycles. The Morgan fingerprint density at radius 3 is 2.71 bits per heavy atom. The number of amides is 2. The van der Waals surface area contributed by atoms with Gasteiger partial charge in [-0.1, -0.05) is 11.8 Å². The number of alkyl halides is 2. The second-order valence-electron chi connectivity index (χ2n) is 6.18. The van der Waals surface area contributed by atoms with Crippen molar-refractivity contribution in [1.82, 2.24) is 9.88 Å². The number of carbonyl (C=O) groups excluding carboxylic acids is 2. The van der Waals surface area contributed by atoms with Crippen LogP contribution in [0.5, 0.6) is 0 Å². The van der Waals surface area contributed by atoms with E-state index in [-0.39, 0.29) is 22.6 Å². The summed E-state index contributed by atoms with van der Waals surface area (Å²) >= 11 is 0.455. The zero-order chi connectivity index (χ0) is 20.6. The SMILES string of the molecule is CN1CC[C@@](O)(C#Cc2ccc(F)c(-c3nc(C(N)=O)c(C(F)F)s3)c2)C1=O. The summed E-state index contributed by atoms with van der Waals surface area (Å²) in [5.74, 6) is 2.66. The minimum atomic E-state index is -2.99. The molecule has 0 bridgehead atoms. The molecule has 3 rings (SSSR count). The number of thiazole rings is 1. The molecule has 3 N–H and O–H groups in total. The Kier molecular flexibility index (Phi) is 5.14. The smallest absolute Gasteiger partial charge is 0.275 e. The first-order chi connectivity index (χ1) is 13.1. The van der Waals surface area contributed by atoms with Crippen LogP contribution in [0.3, 0.4) is 0 Å². The first-order valence-electron chi connectivity index (χ1n) is 8.02. The van der Waals surface area contributed by atoms with E-state index in [2.05, 4.69) is 16.8 Å². The fraction of sp³-hybridized carbons (Fsp3) is 0.278.